The lowest BCUT2D eigenvalue weighted by atomic mass is 10.1. The van der Waals surface area contributed by atoms with Gasteiger partial charge in [-0.05, 0) is 55.0 Å². The minimum atomic E-state index is -0.694. The number of amides is 1. The van der Waals surface area contributed by atoms with Crippen molar-refractivity contribution in [3.8, 4) is 11.3 Å². The molecular weight excluding hydrogens is 413 g/mol. The van der Waals surface area contributed by atoms with Crippen LogP contribution in [-0.4, -0.2) is 50.3 Å². The Morgan fingerprint density at radius 1 is 1.22 bits per heavy atom. The second kappa shape index (κ2) is 8.10. The summed E-state index contributed by atoms with van der Waals surface area (Å²) in [5.74, 6) is -0.812. The molecule has 0 saturated carbocycles. The maximum absolute atomic E-state index is 14.5. The molecule has 1 aliphatic rings. The lowest BCUT2D eigenvalue weighted by molar-refractivity contribution is 0.102. The standard InChI is InChI=1S/C23H20FN5O3/c1-13-6-7-25-19-5-2-14(8-16(13)19)23(31)26-15-3-4-18(24)17(9-15)20-10-29(28-27-20)21-11-32-12-22(21)30/h2-10,21-22,30H,11-12H2,1H3,(H,26,31)/t21-,22-/m1/s1. The summed E-state index contributed by atoms with van der Waals surface area (Å²) in [5, 5.41) is 21.7. The van der Waals surface area contributed by atoms with Gasteiger partial charge in [0.15, 0.2) is 0 Å². The molecule has 2 N–H and O–H groups in total. The number of nitrogens with zero attached hydrogens (tertiary/aromatic N) is 4. The Kier molecular flexibility index (Phi) is 5.12. The number of ether oxygens (including phenoxy) is 1. The van der Waals surface area contributed by atoms with Crippen LogP contribution in [0.5, 0.6) is 0 Å². The number of anilines is 1. The molecule has 2 atom stereocenters. The van der Waals surface area contributed by atoms with Gasteiger partial charge < -0.3 is 15.2 Å². The minimum absolute atomic E-state index is 0.195. The molecule has 2 aromatic heterocycles. The Balaban J connectivity index is 1.40. The van der Waals surface area contributed by atoms with Crippen LogP contribution in [0.2, 0.25) is 0 Å². The molecule has 0 unspecified atom stereocenters. The SMILES string of the molecule is Cc1ccnc2ccc(C(=O)Nc3ccc(F)c(-c4cn([C@@H]5COC[C@H]5O)nn4)c3)cc12. The molecule has 0 spiro atoms. The zero-order valence-electron chi connectivity index (χ0n) is 17.2. The Morgan fingerprint density at radius 3 is 2.91 bits per heavy atom. The van der Waals surface area contributed by atoms with Gasteiger partial charge in [-0.2, -0.15) is 0 Å². The summed E-state index contributed by atoms with van der Waals surface area (Å²) in [6, 6.07) is 11.1. The lowest BCUT2D eigenvalue weighted by Crippen LogP contribution is -2.22. The molecule has 5 rings (SSSR count). The summed E-state index contributed by atoms with van der Waals surface area (Å²) >= 11 is 0. The second-order valence-corrected chi connectivity index (χ2v) is 7.76. The van der Waals surface area contributed by atoms with E-state index in [0.717, 1.165) is 16.5 Å². The molecule has 1 aliphatic heterocycles. The zero-order chi connectivity index (χ0) is 22.2. The van der Waals surface area contributed by atoms with Crippen molar-refractivity contribution in [1.82, 2.24) is 20.0 Å². The van der Waals surface area contributed by atoms with E-state index in [2.05, 4.69) is 20.6 Å². The number of aliphatic hydroxyl groups is 1. The van der Waals surface area contributed by atoms with Crippen molar-refractivity contribution >= 4 is 22.5 Å². The van der Waals surface area contributed by atoms with E-state index < -0.39 is 11.9 Å². The van der Waals surface area contributed by atoms with Crippen molar-refractivity contribution in [2.75, 3.05) is 18.5 Å². The largest absolute Gasteiger partial charge is 0.388 e. The summed E-state index contributed by atoms with van der Waals surface area (Å²) in [5.41, 5.74) is 3.22. The van der Waals surface area contributed by atoms with Crippen molar-refractivity contribution in [2.45, 2.75) is 19.1 Å². The zero-order valence-corrected chi connectivity index (χ0v) is 17.2. The van der Waals surface area contributed by atoms with E-state index >= 15 is 0 Å². The van der Waals surface area contributed by atoms with E-state index in [-0.39, 0.29) is 24.1 Å². The van der Waals surface area contributed by atoms with Crippen molar-refractivity contribution < 1.29 is 19.0 Å². The molecule has 1 fully saturated rings. The average molecular weight is 433 g/mol. The molecule has 2 aromatic carbocycles. The molecule has 8 nitrogen and oxygen atoms in total. The molecule has 1 saturated heterocycles. The van der Waals surface area contributed by atoms with E-state index in [0.29, 0.717) is 23.6 Å². The smallest absolute Gasteiger partial charge is 0.255 e. The monoisotopic (exact) mass is 433 g/mol. The number of fused-ring (bicyclic) bond motifs is 1. The average Bonchev–Trinajstić information content (AvgIpc) is 3.44. The molecule has 9 heteroatoms. The Morgan fingerprint density at radius 2 is 2.09 bits per heavy atom. The number of aliphatic hydroxyl groups excluding tert-OH is 1. The molecule has 4 aromatic rings. The molecule has 0 bridgehead atoms. The highest BCUT2D eigenvalue weighted by atomic mass is 19.1. The van der Waals surface area contributed by atoms with Crippen LogP contribution in [0, 0.1) is 12.7 Å². The quantitative estimate of drug-likeness (QED) is 0.513. The molecular formula is C23H20FN5O3. The third kappa shape index (κ3) is 3.72. The molecule has 32 heavy (non-hydrogen) atoms. The van der Waals surface area contributed by atoms with Crippen molar-refractivity contribution in [3.05, 3.63) is 71.8 Å². The number of hydrogen-bond acceptors (Lipinski definition) is 6. The van der Waals surface area contributed by atoms with Gasteiger partial charge in [-0.3, -0.25) is 9.78 Å². The summed E-state index contributed by atoms with van der Waals surface area (Å²) in [7, 11) is 0. The van der Waals surface area contributed by atoms with Crippen LogP contribution in [0.1, 0.15) is 22.0 Å². The maximum Gasteiger partial charge on any atom is 0.255 e. The predicted molar refractivity (Wildman–Crippen MR) is 116 cm³/mol. The fraction of sp³-hybridized carbons (Fsp3) is 0.217. The van der Waals surface area contributed by atoms with Crippen LogP contribution >= 0.6 is 0 Å². The van der Waals surface area contributed by atoms with Crippen LogP contribution in [-0.2, 0) is 4.74 Å². The fourth-order valence-electron chi connectivity index (χ4n) is 3.77. The van der Waals surface area contributed by atoms with Gasteiger partial charge in [0.2, 0.25) is 0 Å². The van der Waals surface area contributed by atoms with Gasteiger partial charge in [-0.15, -0.1) is 5.10 Å². The molecule has 0 aliphatic carbocycles. The third-order valence-electron chi connectivity index (χ3n) is 5.59. The highest BCUT2D eigenvalue weighted by molar-refractivity contribution is 6.06. The predicted octanol–water partition coefficient (Wildman–Crippen LogP) is 3.13. The molecule has 3 heterocycles. The van der Waals surface area contributed by atoms with E-state index in [1.165, 1.54) is 22.9 Å². The van der Waals surface area contributed by atoms with Gasteiger partial charge in [0.25, 0.3) is 5.91 Å². The third-order valence-corrected chi connectivity index (χ3v) is 5.59. The fourth-order valence-corrected chi connectivity index (χ4v) is 3.77. The number of carbonyl (C=O) groups excluding carboxylic acids is 1. The highest BCUT2D eigenvalue weighted by Crippen LogP contribution is 2.27. The molecule has 1 amide bonds. The van der Waals surface area contributed by atoms with Gasteiger partial charge in [0.05, 0.1) is 24.9 Å². The van der Waals surface area contributed by atoms with Crippen LogP contribution in [0.25, 0.3) is 22.2 Å². The van der Waals surface area contributed by atoms with Crippen LogP contribution in [0.4, 0.5) is 10.1 Å². The lowest BCUT2D eigenvalue weighted by Gasteiger charge is -2.11. The number of hydrogen-bond donors (Lipinski definition) is 2. The topological polar surface area (TPSA) is 102 Å². The summed E-state index contributed by atoms with van der Waals surface area (Å²) in [6.07, 6.45) is 2.60. The summed E-state index contributed by atoms with van der Waals surface area (Å²) in [4.78, 5) is 17.1. The van der Waals surface area contributed by atoms with Crippen molar-refractivity contribution in [3.63, 3.8) is 0 Å². The first-order valence-corrected chi connectivity index (χ1v) is 10.1. The minimum Gasteiger partial charge on any atom is -0.388 e. The first-order chi connectivity index (χ1) is 15.5. The van der Waals surface area contributed by atoms with Crippen molar-refractivity contribution in [1.29, 1.82) is 0 Å². The van der Waals surface area contributed by atoms with E-state index in [4.69, 9.17) is 4.74 Å². The number of halogens is 1. The van der Waals surface area contributed by atoms with Gasteiger partial charge in [0.1, 0.15) is 23.7 Å². The number of rotatable bonds is 4. The first-order valence-electron chi connectivity index (χ1n) is 10.1. The number of carbonyl (C=O) groups is 1. The van der Waals surface area contributed by atoms with E-state index in [1.807, 2.05) is 13.0 Å². The first kappa shape index (κ1) is 20.2. The number of pyridine rings is 1. The second-order valence-electron chi connectivity index (χ2n) is 7.76. The van der Waals surface area contributed by atoms with E-state index in [9.17, 15) is 14.3 Å². The maximum atomic E-state index is 14.5. The number of benzene rings is 2. The Bertz CT molecular complexity index is 1320. The van der Waals surface area contributed by atoms with Crippen LogP contribution in [0.3, 0.4) is 0 Å². The summed E-state index contributed by atoms with van der Waals surface area (Å²) < 4.78 is 21.2. The van der Waals surface area contributed by atoms with Gasteiger partial charge in [-0.1, -0.05) is 5.21 Å². The molecule has 162 valence electrons. The Hall–Kier alpha value is -3.69. The van der Waals surface area contributed by atoms with Gasteiger partial charge >= 0.3 is 0 Å². The number of nitrogens with one attached hydrogen (secondary N) is 1. The van der Waals surface area contributed by atoms with Crippen LogP contribution in [0.15, 0.2) is 54.9 Å². The normalized spacial score (nSPS) is 18.2. The van der Waals surface area contributed by atoms with Crippen molar-refractivity contribution in [2.24, 2.45) is 0 Å². The molecule has 0 radical (unpaired) electrons. The number of aromatic nitrogens is 4. The van der Waals surface area contributed by atoms with Gasteiger partial charge in [0, 0.05) is 28.4 Å². The van der Waals surface area contributed by atoms with E-state index in [1.54, 1.807) is 30.6 Å². The van der Waals surface area contributed by atoms with Crippen LogP contribution < -0.4 is 5.32 Å². The van der Waals surface area contributed by atoms with Gasteiger partial charge in [-0.25, -0.2) is 9.07 Å². The summed E-state index contributed by atoms with van der Waals surface area (Å²) in [6.45, 7) is 2.49. The highest BCUT2D eigenvalue weighted by Gasteiger charge is 2.29. The Labute approximate surface area is 182 Å². The number of aryl methyl sites for hydroxylation is 1.